The molecule has 2 rings (SSSR count). The number of aliphatic hydroxyl groups excluding tert-OH is 1. The van der Waals surface area contributed by atoms with Crippen molar-refractivity contribution in [3.63, 3.8) is 0 Å². The Morgan fingerprint density at radius 1 is 1.39 bits per heavy atom. The molecule has 1 fully saturated rings. The molecule has 1 atom stereocenters. The number of aryl methyl sites for hydroxylation is 1. The minimum absolute atomic E-state index is 0.0590. The molecule has 1 aliphatic heterocycles. The number of carbonyl (C=O) groups excluding carboxylic acids is 1. The number of hydrogen-bond acceptors (Lipinski definition) is 2. The first kappa shape index (κ1) is 13.0. The molecule has 0 bridgehead atoms. The number of carbonyl (C=O) groups is 1. The van der Waals surface area contributed by atoms with Gasteiger partial charge in [-0.25, -0.2) is 8.78 Å². The molecule has 1 aromatic carbocycles. The number of nitrogens with zero attached hydrogens (tertiary/aromatic N) is 1. The highest BCUT2D eigenvalue weighted by Gasteiger charge is 2.23. The van der Waals surface area contributed by atoms with E-state index in [1.54, 1.807) is 4.90 Å². The molecule has 1 unspecified atom stereocenters. The van der Waals surface area contributed by atoms with Crippen molar-refractivity contribution in [3.8, 4) is 0 Å². The maximum Gasteiger partial charge on any atom is 0.222 e. The summed E-state index contributed by atoms with van der Waals surface area (Å²) in [7, 11) is 0. The van der Waals surface area contributed by atoms with Crippen LogP contribution in [0.5, 0.6) is 0 Å². The van der Waals surface area contributed by atoms with E-state index in [4.69, 9.17) is 0 Å². The van der Waals surface area contributed by atoms with E-state index >= 15 is 0 Å². The molecule has 1 aromatic rings. The molecule has 18 heavy (non-hydrogen) atoms. The van der Waals surface area contributed by atoms with Crippen LogP contribution in [0, 0.1) is 11.6 Å². The van der Waals surface area contributed by atoms with Gasteiger partial charge in [0.05, 0.1) is 6.10 Å². The van der Waals surface area contributed by atoms with Crippen LogP contribution in [-0.4, -0.2) is 35.1 Å². The fraction of sp³-hybridized carbons (Fsp3) is 0.462. The van der Waals surface area contributed by atoms with E-state index in [1.807, 2.05) is 0 Å². The fourth-order valence-corrected chi connectivity index (χ4v) is 2.07. The Hall–Kier alpha value is -1.49. The summed E-state index contributed by atoms with van der Waals surface area (Å²) in [6, 6.07) is 3.65. The zero-order chi connectivity index (χ0) is 13.1. The van der Waals surface area contributed by atoms with Crippen molar-refractivity contribution >= 4 is 5.91 Å². The normalized spacial score (nSPS) is 19.3. The van der Waals surface area contributed by atoms with E-state index in [1.165, 1.54) is 6.07 Å². The van der Waals surface area contributed by atoms with E-state index in [2.05, 4.69) is 0 Å². The van der Waals surface area contributed by atoms with Gasteiger partial charge >= 0.3 is 0 Å². The topological polar surface area (TPSA) is 40.5 Å². The minimum Gasteiger partial charge on any atom is -0.391 e. The van der Waals surface area contributed by atoms with Crippen molar-refractivity contribution in [1.82, 2.24) is 4.90 Å². The molecule has 1 saturated heterocycles. The van der Waals surface area contributed by atoms with Crippen molar-refractivity contribution in [3.05, 3.63) is 35.4 Å². The Bertz CT molecular complexity index is 451. The Morgan fingerprint density at radius 2 is 2.17 bits per heavy atom. The summed E-state index contributed by atoms with van der Waals surface area (Å²) in [5.41, 5.74) is 0.599. The molecule has 0 radical (unpaired) electrons. The lowest BCUT2D eigenvalue weighted by Crippen LogP contribution is -2.29. The zero-order valence-corrected chi connectivity index (χ0v) is 9.90. The van der Waals surface area contributed by atoms with Crippen LogP contribution in [0.1, 0.15) is 18.4 Å². The van der Waals surface area contributed by atoms with Gasteiger partial charge in [-0.2, -0.15) is 0 Å². The van der Waals surface area contributed by atoms with E-state index in [-0.39, 0.29) is 12.3 Å². The van der Waals surface area contributed by atoms with Gasteiger partial charge in [0.25, 0.3) is 0 Å². The van der Waals surface area contributed by atoms with Crippen LogP contribution in [0.15, 0.2) is 18.2 Å². The van der Waals surface area contributed by atoms with Crippen LogP contribution in [0.4, 0.5) is 8.78 Å². The van der Waals surface area contributed by atoms with Crippen LogP contribution < -0.4 is 0 Å². The zero-order valence-electron chi connectivity index (χ0n) is 9.90. The van der Waals surface area contributed by atoms with Gasteiger partial charge in [0.15, 0.2) is 11.6 Å². The second kappa shape index (κ2) is 5.44. The molecule has 1 N–H and O–H groups in total. The van der Waals surface area contributed by atoms with Gasteiger partial charge in [-0.1, -0.05) is 6.07 Å². The Kier molecular flexibility index (Phi) is 3.91. The molecule has 1 aliphatic rings. The summed E-state index contributed by atoms with van der Waals surface area (Å²) in [5.74, 6) is -1.83. The van der Waals surface area contributed by atoms with Crippen molar-refractivity contribution in [2.75, 3.05) is 13.1 Å². The molecule has 3 nitrogen and oxygen atoms in total. The second-order valence-electron chi connectivity index (χ2n) is 4.53. The highest BCUT2D eigenvalue weighted by atomic mass is 19.2. The minimum atomic E-state index is -0.892. The average molecular weight is 255 g/mol. The van der Waals surface area contributed by atoms with Crippen molar-refractivity contribution in [2.24, 2.45) is 0 Å². The Balaban J connectivity index is 1.87. The fourth-order valence-electron chi connectivity index (χ4n) is 2.07. The molecule has 0 aliphatic carbocycles. The lowest BCUT2D eigenvalue weighted by Gasteiger charge is -2.15. The van der Waals surface area contributed by atoms with Gasteiger partial charge in [0, 0.05) is 19.5 Å². The first-order chi connectivity index (χ1) is 8.56. The maximum atomic E-state index is 13.0. The number of rotatable bonds is 3. The Morgan fingerprint density at radius 3 is 2.78 bits per heavy atom. The third-order valence-electron chi connectivity index (χ3n) is 3.13. The van der Waals surface area contributed by atoms with Gasteiger partial charge in [-0.3, -0.25) is 4.79 Å². The van der Waals surface area contributed by atoms with Crippen LogP contribution in [0.2, 0.25) is 0 Å². The SMILES string of the molecule is O=C(CCc1ccc(F)c(F)c1)N1CCC(O)C1. The second-order valence-corrected chi connectivity index (χ2v) is 4.53. The summed E-state index contributed by atoms with van der Waals surface area (Å²) in [5, 5.41) is 9.32. The summed E-state index contributed by atoms with van der Waals surface area (Å²) in [4.78, 5) is 13.4. The monoisotopic (exact) mass is 255 g/mol. The Labute approximate surface area is 104 Å². The largest absolute Gasteiger partial charge is 0.391 e. The molecule has 0 aromatic heterocycles. The van der Waals surface area contributed by atoms with E-state index in [9.17, 15) is 18.7 Å². The van der Waals surface area contributed by atoms with E-state index in [0.717, 1.165) is 12.1 Å². The highest BCUT2D eigenvalue weighted by molar-refractivity contribution is 5.76. The standard InChI is InChI=1S/C13H15F2NO2/c14-11-3-1-9(7-12(11)15)2-4-13(18)16-6-5-10(17)8-16/h1,3,7,10,17H,2,4-6,8H2. The van der Waals surface area contributed by atoms with Crippen LogP contribution in [0.25, 0.3) is 0 Å². The molecule has 5 heteroatoms. The number of benzene rings is 1. The number of hydrogen-bond donors (Lipinski definition) is 1. The molecule has 98 valence electrons. The molecule has 1 heterocycles. The first-order valence-corrected chi connectivity index (χ1v) is 5.96. The number of halogens is 2. The highest BCUT2D eigenvalue weighted by Crippen LogP contribution is 2.14. The molecular formula is C13H15F2NO2. The van der Waals surface area contributed by atoms with Crippen molar-refractivity contribution < 1.29 is 18.7 Å². The molecular weight excluding hydrogens is 240 g/mol. The maximum absolute atomic E-state index is 13.0. The van der Waals surface area contributed by atoms with E-state index in [0.29, 0.717) is 31.5 Å². The lowest BCUT2D eigenvalue weighted by atomic mass is 10.1. The quantitative estimate of drug-likeness (QED) is 0.889. The first-order valence-electron chi connectivity index (χ1n) is 5.96. The molecule has 0 spiro atoms. The van der Waals surface area contributed by atoms with Gasteiger partial charge in [-0.15, -0.1) is 0 Å². The number of likely N-dealkylation sites (tertiary alicyclic amines) is 1. The average Bonchev–Trinajstić information content (AvgIpc) is 2.77. The van der Waals surface area contributed by atoms with Gasteiger partial charge in [-0.05, 0) is 30.5 Å². The predicted molar refractivity (Wildman–Crippen MR) is 61.9 cm³/mol. The number of amides is 1. The van der Waals surface area contributed by atoms with Gasteiger partial charge in [0.1, 0.15) is 0 Å². The third-order valence-corrected chi connectivity index (χ3v) is 3.13. The van der Waals surface area contributed by atoms with Crippen LogP contribution >= 0.6 is 0 Å². The molecule has 1 amide bonds. The summed E-state index contributed by atoms with van der Waals surface area (Å²) >= 11 is 0. The summed E-state index contributed by atoms with van der Waals surface area (Å²) in [6.45, 7) is 0.939. The van der Waals surface area contributed by atoms with Crippen molar-refractivity contribution in [1.29, 1.82) is 0 Å². The van der Waals surface area contributed by atoms with Gasteiger partial charge < -0.3 is 10.0 Å². The number of β-amino-alcohol motifs (C(OH)–C–C–N with tert-alkyl or cyclic N) is 1. The summed E-state index contributed by atoms with van der Waals surface area (Å²) in [6.07, 6.45) is 0.800. The molecule has 0 saturated carbocycles. The van der Waals surface area contributed by atoms with E-state index < -0.39 is 17.7 Å². The van der Waals surface area contributed by atoms with Crippen LogP contribution in [0.3, 0.4) is 0 Å². The van der Waals surface area contributed by atoms with Gasteiger partial charge in [0.2, 0.25) is 5.91 Å². The predicted octanol–water partition coefficient (Wildman–Crippen LogP) is 1.49. The summed E-state index contributed by atoms with van der Waals surface area (Å²) < 4.78 is 25.7. The smallest absolute Gasteiger partial charge is 0.222 e. The third kappa shape index (κ3) is 3.04. The number of aliphatic hydroxyl groups is 1. The lowest BCUT2D eigenvalue weighted by molar-refractivity contribution is -0.130. The van der Waals surface area contributed by atoms with Crippen LogP contribution in [-0.2, 0) is 11.2 Å². The van der Waals surface area contributed by atoms with Crippen molar-refractivity contribution in [2.45, 2.75) is 25.4 Å².